The molecule has 0 radical (unpaired) electrons. The van der Waals surface area contributed by atoms with Crippen molar-refractivity contribution in [3.05, 3.63) is 63.0 Å². The minimum atomic E-state index is -0.0995. The van der Waals surface area contributed by atoms with Gasteiger partial charge in [0.1, 0.15) is 12.4 Å². The standard InChI is InChI=1S/C15H17BrN2O2/c1-11(17)13-6-5-12(16)10-14(13)20-9-8-18-7-3-2-4-15(18)19/h2-7,10-11H,8-9,17H2,1H3/t11-/m1/s1. The minimum Gasteiger partial charge on any atom is -0.491 e. The Balaban J connectivity index is 2.06. The summed E-state index contributed by atoms with van der Waals surface area (Å²) in [5.74, 6) is 0.748. The van der Waals surface area contributed by atoms with Crippen LogP contribution in [0, 0.1) is 0 Å². The van der Waals surface area contributed by atoms with Crippen molar-refractivity contribution in [2.75, 3.05) is 6.61 Å². The first kappa shape index (κ1) is 14.8. The monoisotopic (exact) mass is 336 g/mol. The Labute approximate surface area is 126 Å². The van der Waals surface area contributed by atoms with Crippen molar-refractivity contribution in [1.29, 1.82) is 0 Å². The summed E-state index contributed by atoms with van der Waals surface area (Å²) < 4.78 is 8.32. The fourth-order valence-corrected chi connectivity index (χ4v) is 2.25. The quantitative estimate of drug-likeness (QED) is 0.913. The van der Waals surface area contributed by atoms with E-state index >= 15 is 0 Å². The molecule has 2 rings (SSSR count). The van der Waals surface area contributed by atoms with Crippen molar-refractivity contribution < 1.29 is 4.74 Å². The number of nitrogens with zero attached hydrogens (tertiary/aromatic N) is 1. The molecule has 0 saturated heterocycles. The van der Waals surface area contributed by atoms with Crippen molar-refractivity contribution >= 4 is 15.9 Å². The normalized spacial score (nSPS) is 12.2. The molecule has 0 unspecified atom stereocenters. The molecule has 0 bridgehead atoms. The van der Waals surface area contributed by atoms with Crippen molar-refractivity contribution in [2.24, 2.45) is 5.73 Å². The largest absolute Gasteiger partial charge is 0.491 e. The molecule has 5 heteroatoms. The van der Waals surface area contributed by atoms with E-state index in [2.05, 4.69) is 15.9 Å². The highest BCUT2D eigenvalue weighted by Crippen LogP contribution is 2.27. The molecule has 0 aliphatic carbocycles. The maximum atomic E-state index is 11.6. The molecule has 1 heterocycles. The van der Waals surface area contributed by atoms with Crippen LogP contribution in [-0.4, -0.2) is 11.2 Å². The van der Waals surface area contributed by atoms with E-state index in [0.717, 1.165) is 15.8 Å². The van der Waals surface area contributed by atoms with E-state index in [1.54, 1.807) is 16.8 Å². The van der Waals surface area contributed by atoms with Crippen LogP contribution in [0.3, 0.4) is 0 Å². The second-order valence-electron chi connectivity index (χ2n) is 4.55. The zero-order valence-electron chi connectivity index (χ0n) is 11.3. The Hall–Kier alpha value is -1.59. The number of benzene rings is 1. The summed E-state index contributed by atoms with van der Waals surface area (Å²) >= 11 is 3.42. The van der Waals surface area contributed by atoms with E-state index in [9.17, 15) is 4.79 Å². The second kappa shape index (κ2) is 6.72. The van der Waals surface area contributed by atoms with Gasteiger partial charge in [0.15, 0.2) is 0 Å². The molecule has 1 aromatic carbocycles. The van der Waals surface area contributed by atoms with Gasteiger partial charge in [-0.25, -0.2) is 0 Å². The Bertz CT molecular complexity index is 638. The highest BCUT2D eigenvalue weighted by Gasteiger charge is 2.08. The molecule has 0 spiro atoms. The zero-order chi connectivity index (χ0) is 14.5. The first-order chi connectivity index (χ1) is 9.58. The van der Waals surface area contributed by atoms with Crippen LogP contribution in [-0.2, 0) is 6.54 Å². The van der Waals surface area contributed by atoms with Crippen LogP contribution in [0.15, 0.2) is 51.9 Å². The van der Waals surface area contributed by atoms with Gasteiger partial charge in [0, 0.05) is 28.3 Å². The molecule has 0 saturated carbocycles. The third kappa shape index (κ3) is 3.71. The fourth-order valence-electron chi connectivity index (χ4n) is 1.91. The second-order valence-corrected chi connectivity index (χ2v) is 5.47. The van der Waals surface area contributed by atoms with Gasteiger partial charge in [-0.2, -0.15) is 0 Å². The first-order valence-corrected chi connectivity index (χ1v) is 7.20. The number of halogens is 1. The lowest BCUT2D eigenvalue weighted by Gasteiger charge is -2.15. The van der Waals surface area contributed by atoms with Crippen molar-refractivity contribution in [1.82, 2.24) is 4.57 Å². The summed E-state index contributed by atoms with van der Waals surface area (Å²) in [5, 5.41) is 0. The maximum absolute atomic E-state index is 11.6. The number of nitrogens with two attached hydrogens (primary N) is 1. The zero-order valence-corrected chi connectivity index (χ0v) is 12.8. The van der Waals surface area contributed by atoms with Gasteiger partial charge in [-0.1, -0.05) is 28.1 Å². The topological polar surface area (TPSA) is 57.2 Å². The lowest BCUT2D eigenvalue weighted by Crippen LogP contribution is -2.21. The van der Waals surface area contributed by atoms with Crippen molar-refractivity contribution in [3.63, 3.8) is 0 Å². The number of rotatable bonds is 5. The van der Waals surface area contributed by atoms with E-state index in [-0.39, 0.29) is 11.6 Å². The Morgan fingerprint density at radius 3 is 2.85 bits per heavy atom. The Kier molecular flexibility index (Phi) is 4.98. The first-order valence-electron chi connectivity index (χ1n) is 6.41. The van der Waals surface area contributed by atoms with E-state index in [1.165, 1.54) is 6.07 Å². The smallest absolute Gasteiger partial charge is 0.250 e. The number of pyridine rings is 1. The van der Waals surface area contributed by atoms with Gasteiger partial charge in [0.25, 0.3) is 5.56 Å². The van der Waals surface area contributed by atoms with Gasteiger partial charge in [0.2, 0.25) is 0 Å². The average Bonchev–Trinajstić information content (AvgIpc) is 2.41. The molecule has 0 aliphatic heterocycles. The lowest BCUT2D eigenvalue weighted by molar-refractivity contribution is 0.292. The average molecular weight is 337 g/mol. The summed E-state index contributed by atoms with van der Waals surface area (Å²) in [6, 6.07) is 10.8. The molecular formula is C15H17BrN2O2. The predicted molar refractivity (Wildman–Crippen MR) is 82.9 cm³/mol. The molecule has 2 N–H and O–H groups in total. The van der Waals surface area contributed by atoms with Gasteiger partial charge in [-0.05, 0) is 25.1 Å². The third-order valence-corrected chi connectivity index (χ3v) is 3.45. The number of ether oxygens (including phenoxy) is 1. The molecule has 1 atom stereocenters. The van der Waals surface area contributed by atoms with Crippen LogP contribution in [0.25, 0.3) is 0 Å². The third-order valence-electron chi connectivity index (χ3n) is 2.95. The molecule has 2 aromatic rings. The van der Waals surface area contributed by atoms with E-state index in [0.29, 0.717) is 13.2 Å². The summed E-state index contributed by atoms with van der Waals surface area (Å²) in [5.41, 5.74) is 6.84. The van der Waals surface area contributed by atoms with Gasteiger partial charge in [0.05, 0.1) is 6.54 Å². The van der Waals surface area contributed by atoms with Crippen LogP contribution >= 0.6 is 15.9 Å². The molecule has 0 amide bonds. The van der Waals surface area contributed by atoms with Crippen molar-refractivity contribution in [2.45, 2.75) is 19.5 Å². The molecule has 1 aromatic heterocycles. The van der Waals surface area contributed by atoms with Crippen LogP contribution in [0.2, 0.25) is 0 Å². The number of aromatic nitrogens is 1. The SMILES string of the molecule is C[C@@H](N)c1ccc(Br)cc1OCCn1ccccc1=O. The molecule has 0 fully saturated rings. The molecule has 20 heavy (non-hydrogen) atoms. The molecular weight excluding hydrogens is 320 g/mol. The maximum Gasteiger partial charge on any atom is 0.250 e. The van der Waals surface area contributed by atoms with Crippen LogP contribution in [0.4, 0.5) is 0 Å². The Morgan fingerprint density at radius 2 is 2.15 bits per heavy atom. The van der Waals surface area contributed by atoms with Gasteiger partial charge in [-0.3, -0.25) is 4.79 Å². The summed E-state index contributed by atoms with van der Waals surface area (Å²) in [6.07, 6.45) is 1.75. The summed E-state index contributed by atoms with van der Waals surface area (Å²) in [4.78, 5) is 11.6. The molecule has 0 aliphatic rings. The highest BCUT2D eigenvalue weighted by atomic mass is 79.9. The lowest BCUT2D eigenvalue weighted by atomic mass is 10.1. The number of hydrogen-bond donors (Lipinski definition) is 1. The van der Waals surface area contributed by atoms with Crippen LogP contribution in [0.5, 0.6) is 5.75 Å². The van der Waals surface area contributed by atoms with Crippen LogP contribution < -0.4 is 16.0 Å². The van der Waals surface area contributed by atoms with Gasteiger partial charge < -0.3 is 15.0 Å². The van der Waals surface area contributed by atoms with E-state index in [4.69, 9.17) is 10.5 Å². The molecule has 4 nitrogen and oxygen atoms in total. The number of hydrogen-bond acceptors (Lipinski definition) is 3. The van der Waals surface area contributed by atoms with Gasteiger partial charge >= 0.3 is 0 Å². The van der Waals surface area contributed by atoms with E-state index < -0.39 is 0 Å². The Morgan fingerprint density at radius 1 is 1.35 bits per heavy atom. The van der Waals surface area contributed by atoms with Gasteiger partial charge in [-0.15, -0.1) is 0 Å². The summed E-state index contributed by atoms with van der Waals surface area (Å²) in [7, 11) is 0. The van der Waals surface area contributed by atoms with E-state index in [1.807, 2.05) is 31.2 Å². The predicted octanol–water partition coefficient (Wildman–Crippen LogP) is 2.71. The highest BCUT2D eigenvalue weighted by molar-refractivity contribution is 9.10. The minimum absolute atomic E-state index is 0.0299. The summed E-state index contributed by atoms with van der Waals surface area (Å²) in [6.45, 7) is 2.84. The van der Waals surface area contributed by atoms with Crippen LogP contribution in [0.1, 0.15) is 18.5 Å². The van der Waals surface area contributed by atoms with Crippen molar-refractivity contribution in [3.8, 4) is 5.75 Å². The molecule has 106 valence electrons. The fraction of sp³-hybridized carbons (Fsp3) is 0.267.